The van der Waals surface area contributed by atoms with Gasteiger partial charge in [-0.15, -0.1) is 24.0 Å². The van der Waals surface area contributed by atoms with Crippen LogP contribution in [0.2, 0.25) is 0 Å². The van der Waals surface area contributed by atoms with Crippen molar-refractivity contribution in [3.8, 4) is 0 Å². The molecule has 0 aliphatic heterocycles. The van der Waals surface area contributed by atoms with Gasteiger partial charge in [0.25, 0.3) is 0 Å². The highest BCUT2D eigenvalue weighted by Gasteiger charge is 2.38. The summed E-state index contributed by atoms with van der Waals surface area (Å²) in [6, 6.07) is 9.13. The summed E-state index contributed by atoms with van der Waals surface area (Å²) in [5.41, 5.74) is 7.16. The number of benzene rings is 1. The van der Waals surface area contributed by atoms with Crippen LogP contribution in [-0.4, -0.2) is 18.0 Å². The molecular weight excluding hydrogens is 405 g/mol. The standard InChI is InChI=1S/C13H18BrN3.HI/c1-8(2)16-13(15)17-12-7-11(12)9-3-5-10(14)6-4-9;/h3-6,8,11-12H,7H2,1-2H3,(H3,15,16,17);1H. The predicted molar refractivity (Wildman–Crippen MR) is 90.6 cm³/mol. The summed E-state index contributed by atoms with van der Waals surface area (Å²) in [4.78, 5) is 4.48. The van der Waals surface area contributed by atoms with E-state index >= 15 is 0 Å². The van der Waals surface area contributed by atoms with Crippen LogP contribution in [0.15, 0.2) is 33.7 Å². The van der Waals surface area contributed by atoms with Crippen LogP contribution in [0, 0.1) is 0 Å². The Morgan fingerprint density at radius 2 is 2.00 bits per heavy atom. The number of hydrogen-bond acceptors (Lipinski definition) is 1. The molecule has 0 bridgehead atoms. The number of rotatable bonds is 3. The van der Waals surface area contributed by atoms with Gasteiger partial charge in [-0.1, -0.05) is 28.1 Å². The van der Waals surface area contributed by atoms with Gasteiger partial charge >= 0.3 is 0 Å². The molecule has 0 saturated heterocycles. The van der Waals surface area contributed by atoms with Crippen molar-refractivity contribution in [1.82, 2.24) is 5.32 Å². The number of hydrogen-bond donors (Lipinski definition) is 2. The van der Waals surface area contributed by atoms with E-state index in [1.807, 2.05) is 0 Å². The molecule has 1 aromatic carbocycles. The molecule has 1 aliphatic rings. The van der Waals surface area contributed by atoms with Crippen molar-refractivity contribution in [3.05, 3.63) is 34.3 Å². The Kier molecular flexibility index (Phi) is 5.91. The number of nitrogens with one attached hydrogen (secondary N) is 1. The number of nitrogens with zero attached hydrogens (tertiary/aromatic N) is 1. The summed E-state index contributed by atoms with van der Waals surface area (Å²) < 4.78 is 1.11. The van der Waals surface area contributed by atoms with Crippen LogP contribution < -0.4 is 11.1 Å². The van der Waals surface area contributed by atoms with Crippen LogP contribution in [0.3, 0.4) is 0 Å². The Labute approximate surface area is 134 Å². The third kappa shape index (κ3) is 4.42. The summed E-state index contributed by atoms with van der Waals surface area (Å²) in [5, 5.41) is 3.12. The highest BCUT2D eigenvalue weighted by molar-refractivity contribution is 14.0. The van der Waals surface area contributed by atoms with Gasteiger partial charge in [0.15, 0.2) is 5.96 Å². The molecule has 5 heteroatoms. The maximum Gasteiger partial charge on any atom is 0.189 e. The molecular formula is C13H19BrIN3. The van der Waals surface area contributed by atoms with Crippen molar-refractivity contribution in [2.45, 2.75) is 38.3 Å². The molecule has 2 unspecified atom stereocenters. The Balaban J connectivity index is 0.00000162. The zero-order valence-electron chi connectivity index (χ0n) is 10.6. The van der Waals surface area contributed by atoms with Gasteiger partial charge in [-0.25, -0.2) is 4.99 Å². The van der Waals surface area contributed by atoms with Gasteiger partial charge in [0.2, 0.25) is 0 Å². The Morgan fingerprint density at radius 3 is 2.56 bits per heavy atom. The van der Waals surface area contributed by atoms with E-state index in [0.717, 1.165) is 10.9 Å². The van der Waals surface area contributed by atoms with Crippen LogP contribution in [-0.2, 0) is 0 Å². The van der Waals surface area contributed by atoms with Gasteiger partial charge in [-0.05, 0) is 38.0 Å². The SMILES string of the molecule is CC(C)NC(N)=NC1CC1c1ccc(Br)cc1.I. The van der Waals surface area contributed by atoms with Crippen LogP contribution >= 0.6 is 39.9 Å². The molecule has 1 aliphatic carbocycles. The topological polar surface area (TPSA) is 50.4 Å². The third-order valence-corrected chi connectivity index (χ3v) is 3.33. The fourth-order valence-electron chi connectivity index (χ4n) is 1.90. The van der Waals surface area contributed by atoms with Crippen LogP contribution in [0.4, 0.5) is 0 Å². The molecule has 18 heavy (non-hydrogen) atoms. The summed E-state index contributed by atoms with van der Waals surface area (Å²) in [6.45, 7) is 4.11. The molecule has 0 radical (unpaired) electrons. The lowest BCUT2D eigenvalue weighted by Crippen LogP contribution is -2.37. The van der Waals surface area contributed by atoms with Crippen LogP contribution in [0.5, 0.6) is 0 Å². The zero-order valence-corrected chi connectivity index (χ0v) is 14.5. The molecule has 0 aromatic heterocycles. The average molecular weight is 424 g/mol. The first-order valence-corrected chi connectivity index (χ1v) is 6.71. The van der Waals surface area contributed by atoms with E-state index in [9.17, 15) is 0 Å². The number of aliphatic imine (C=N–C) groups is 1. The van der Waals surface area contributed by atoms with E-state index in [2.05, 4.69) is 64.4 Å². The quantitative estimate of drug-likeness (QED) is 0.445. The largest absolute Gasteiger partial charge is 0.370 e. The second kappa shape index (κ2) is 6.75. The summed E-state index contributed by atoms with van der Waals surface area (Å²) in [5.74, 6) is 1.10. The van der Waals surface area contributed by atoms with Crippen LogP contribution in [0.1, 0.15) is 31.7 Å². The maximum absolute atomic E-state index is 5.81. The molecule has 1 saturated carbocycles. The van der Waals surface area contributed by atoms with E-state index in [1.165, 1.54) is 5.56 Å². The average Bonchev–Trinajstić information content (AvgIpc) is 2.96. The molecule has 100 valence electrons. The monoisotopic (exact) mass is 423 g/mol. The van der Waals surface area contributed by atoms with Crippen LogP contribution in [0.25, 0.3) is 0 Å². The molecule has 3 nitrogen and oxygen atoms in total. The highest BCUT2D eigenvalue weighted by Crippen LogP contribution is 2.43. The Bertz CT molecular complexity index is 417. The fraction of sp³-hybridized carbons (Fsp3) is 0.462. The molecule has 0 amide bonds. The van der Waals surface area contributed by atoms with Crippen molar-refractivity contribution in [2.24, 2.45) is 10.7 Å². The van der Waals surface area contributed by atoms with Crippen molar-refractivity contribution in [3.63, 3.8) is 0 Å². The minimum atomic E-state index is 0. The summed E-state index contributed by atoms with van der Waals surface area (Å²) in [7, 11) is 0. The van der Waals surface area contributed by atoms with Gasteiger partial charge in [0.1, 0.15) is 0 Å². The summed E-state index contributed by atoms with van der Waals surface area (Å²) >= 11 is 3.44. The van der Waals surface area contributed by atoms with Gasteiger partial charge in [0, 0.05) is 16.4 Å². The lowest BCUT2D eigenvalue weighted by Gasteiger charge is -2.08. The van der Waals surface area contributed by atoms with Crippen molar-refractivity contribution < 1.29 is 0 Å². The minimum absolute atomic E-state index is 0. The molecule has 2 rings (SSSR count). The molecule has 1 fully saturated rings. The lowest BCUT2D eigenvalue weighted by atomic mass is 10.1. The highest BCUT2D eigenvalue weighted by atomic mass is 127. The zero-order chi connectivity index (χ0) is 12.4. The molecule has 0 spiro atoms. The lowest BCUT2D eigenvalue weighted by molar-refractivity contribution is 0.722. The minimum Gasteiger partial charge on any atom is -0.370 e. The number of nitrogens with two attached hydrogens (primary N) is 1. The number of guanidine groups is 1. The molecule has 1 aromatic rings. The third-order valence-electron chi connectivity index (χ3n) is 2.80. The van der Waals surface area contributed by atoms with Gasteiger partial charge in [-0.3, -0.25) is 0 Å². The van der Waals surface area contributed by atoms with Gasteiger partial charge in [0.05, 0.1) is 6.04 Å². The van der Waals surface area contributed by atoms with Gasteiger partial charge < -0.3 is 11.1 Å². The van der Waals surface area contributed by atoms with Crippen molar-refractivity contribution >= 4 is 45.9 Å². The van der Waals surface area contributed by atoms with E-state index < -0.39 is 0 Å². The molecule has 3 N–H and O–H groups in total. The normalized spacial score (nSPS) is 22.6. The van der Waals surface area contributed by atoms with E-state index in [0.29, 0.717) is 24.0 Å². The van der Waals surface area contributed by atoms with Crippen molar-refractivity contribution in [2.75, 3.05) is 0 Å². The van der Waals surface area contributed by atoms with E-state index in [1.54, 1.807) is 0 Å². The van der Waals surface area contributed by atoms with Crippen molar-refractivity contribution in [1.29, 1.82) is 0 Å². The first kappa shape index (κ1) is 15.8. The van der Waals surface area contributed by atoms with E-state index in [-0.39, 0.29) is 24.0 Å². The molecule has 2 atom stereocenters. The Morgan fingerprint density at radius 1 is 1.39 bits per heavy atom. The second-order valence-electron chi connectivity index (χ2n) is 4.77. The Hall–Kier alpha value is -0.300. The summed E-state index contributed by atoms with van der Waals surface area (Å²) in [6.07, 6.45) is 1.10. The van der Waals surface area contributed by atoms with Gasteiger partial charge in [-0.2, -0.15) is 0 Å². The predicted octanol–water partition coefficient (Wildman–Crippen LogP) is 3.24. The number of halogens is 2. The molecule has 0 heterocycles. The maximum atomic E-state index is 5.81. The first-order valence-electron chi connectivity index (χ1n) is 5.91. The second-order valence-corrected chi connectivity index (χ2v) is 5.69. The smallest absolute Gasteiger partial charge is 0.189 e. The first-order chi connectivity index (χ1) is 8.06. The van der Waals surface area contributed by atoms with E-state index in [4.69, 9.17) is 5.73 Å². The fourth-order valence-corrected chi connectivity index (χ4v) is 2.17.